The molecule has 1 aromatic carbocycles. The molecule has 0 bridgehead atoms. The number of carbonyl (C=O) groups is 1. The fraction of sp³-hybridized carbons (Fsp3) is 0.562. The first-order valence-electron chi connectivity index (χ1n) is 7.71. The van der Waals surface area contributed by atoms with Gasteiger partial charge in [0.25, 0.3) is 5.91 Å². The molecule has 3 rings (SSSR count). The van der Waals surface area contributed by atoms with Gasteiger partial charge in [0.15, 0.2) is 0 Å². The molecule has 5 nitrogen and oxygen atoms in total. The summed E-state index contributed by atoms with van der Waals surface area (Å²) in [4.78, 5) is 14.1. The molecule has 1 aliphatic heterocycles. The zero-order valence-electron chi connectivity index (χ0n) is 12.4. The number of carbonyl (C=O) groups excluding carboxylic acids is 1. The van der Waals surface area contributed by atoms with E-state index in [1.165, 1.54) is 0 Å². The van der Waals surface area contributed by atoms with E-state index in [9.17, 15) is 9.90 Å². The van der Waals surface area contributed by atoms with Gasteiger partial charge in [0, 0.05) is 31.1 Å². The number of aliphatic hydroxyl groups excluding tert-OH is 1. The largest absolute Gasteiger partial charge is 0.397 e. The summed E-state index contributed by atoms with van der Waals surface area (Å²) in [5.41, 5.74) is 8.34. The van der Waals surface area contributed by atoms with Crippen LogP contribution in [-0.4, -0.2) is 36.8 Å². The summed E-state index contributed by atoms with van der Waals surface area (Å²) in [5, 5.41) is 12.8. The van der Waals surface area contributed by atoms with Crippen LogP contribution < -0.4 is 16.0 Å². The molecule has 0 radical (unpaired) electrons. The van der Waals surface area contributed by atoms with Crippen molar-refractivity contribution in [1.82, 2.24) is 5.32 Å². The van der Waals surface area contributed by atoms with Crippen molar-refractivity contribution in [2.75, 3.05) is 30.3 Å². The summed E-state index contributed by atoms with van der Waals surface area (Å²) in [6.45, 7) is 4.31. The van der Waals surface area contributed by atoms with E-state index in [0.717, 1.165) is 31.6 Å². The summed E-state index contributed by atoms with van der Waals surface area (Å²) < 4.78 is 0. The highest BCUT2D eigenvalue weighted by atomic mass is 16.3. The Kier molecular flexibility index (Phi) is 3.76. The highest BCUT2D eigenvalue weighted by Crippen LogP contribution is 2.41. The number of hydrogen-bond acceptors (Lipinski definition) is 4. The van der Waals surface area contributed by atoms with E-state index in [4.69, 9.17) is 5.73 Å². The molecule has 2 fully saturated rings. The lowest BCUT2D eigenvalue weighted by molar-refractivity contribution is 0.0956. The molecule has 3 atom stereocenters. The van der Waals surface area contributed by atoms with Gasteiger partial charge in [-0.25, -0.2) is 0 Å². The molecule has 1 aromatic rings. The molecule has 2 aliphatic rings. The first-order chi connectivity index (χ1) is 10.1. The van der Waals surface area contributed by atoms with E-state index in [1.54, 1.807) is 6.07 Å². The molecule has 1 saturated heterocycles. The molecule has 114 valence electrons. The molecule has 5 heteroatoms. The number of amides is 1. The number of hydrogen-bond donors (Lipinski definition) is 3. The van der Waals surface area contributed by atoms with Crippen molar-refractivity contribution in [3.05, 3.63) is 23.8 Å². The van der Waals surface area contributed by atoms with Crippen LogP contribution in [0.15, 0.2) is 18.2 Å². The number of nitrogens with one attached hydrogen (secondary N) is 1. The zero-order chi connectivity index (χ0) is 15.0. The van der Waals surface area contributed by atoms with Crippen LogP contribution in [0.2, 0.25) is 0 Å². The lowest BCUT2D eigenvalue weighted by Gasteiger charge is -2.22. The maximum absolute atomic E-state index is 11.8. The number of nitrogens with two attached hydrogens (primary N) is 1. The SMILES string of the molecule is CCNC(=O)c1ccc(N2CC3CCC(O)C3C2)c(N)c1. The van der Waals surface area contributed by atoms with Crippen molar-refractivity contribution in [1.29, 1.82) is 0 Å². The minimum atomic E-state index is -0.171. The van der Waals surface area contributed by atoms with Gasteiger partial charge in [0.2, 0.25) is 0 Å². The van der Waals surface area contributed by atoms with Crippen LogP contribution in [0.5, 0.6) is 0 Å². The van der Waals surface area contributed by atoms with Crippen molar-refractivity contribution in [3.63, 3.8) is 0 Å². The summed E-state index contributed by atoms with van der Waals surface area (Å²) in [6.07, 6.45) is 1.85. The Morgan fingerprint density at radius 1 is 1.43 bits per heavy atom. The maximum Gasteiger partial charge on any atom is 0.251 e. The van der Waals surface area contributed by atoms with E-state index in [-0.39, 0.29) is 12.0 Å². The monoisotopic (exact) mass is 289 g/mol. The Morgan fingerprint density at radius 2 is 2.24 bits per heavy atom. The van der Waals surface area contributed by atoms with Crippen molar-refractivity contribution in [2.45, 2.75) is 25.9 Å². The quantitative estimate of drug-likeness (QED) is 0.731. The van der Waals surface area contributed by atoms with Crippen molar-refractivity contribution in [2.24, 2.45) is 11.8 Å². The third-order valence-corrected chi connectivity index (χ3v) is 4.79. The van der Waals surface area contributed by atoms with Crippen LogP contribution in [0.25, 0.3) is 0 Å². The molecule has 1 heterocycles. The molecule has 1 amide bonds. The third-order valence-electron chi connectivity index (χ3n) is 4.79. The van der Waals surface area contributed by atoms with Crippen molar-refractivity contribution < 1.29 is 9.90 Å². The van der Waals surface area contributed by atoms with Crippen LogP contribution in [0, 0.1) is 11.8 Å². The van der Waals surface area contributed by atoms with Crippen LogP contribution >= 0.6 is 0 Å². The molecule has 0 aromatic heterocycles. The highest BCUT2D eigenvalue weighted by Gasteiger charge is 2.42. The predicted molar refractivity (Wildman–Crippen MR) is 83.3 cm³/mol. The molecule has 1 aliphatic carbocycles. The van der Waals surface area contributed by atoms with Gasteiger partial charge in [-0.2, -0.15) is 0 Å². The maximum atomic E-state index is 11.8. The minimum absolute atomic E-state index is 0.0931. The summed E-state index contributed by atoms with van der Waals surface area (Å²) >= 11 is 0. The normalized spacial score (nSPS) is 27.7. The Morgan fingerprint density at radius 3 is 2.90 bits per heavy atom. The number of anilines is 2. The smallest absolute Gasteiger partial charge is 0.251 e. The van der Waals surface area contributed by atoms with Gasteiger partial charge in [0.1, 0.15) is 0 Å². The zero-order valence-corrected chi connectivity index (χ0v) is 12.4. The number of rotatable bonds is 3. The van der Waals surface area contributed by atoms with E-state index < -0.39 is 0 Å². The number of fused-ring (bicyclic) bond motifs is 1. The predicted octanol–water partition coefficient (Wildman–Crippen LogP) is 1.23. The molecule has 1 saturated carbocycles. The van der Waals surface area contributed by atoms with Gasteiger partial charge >= 0.3 is 0 Å². The van der Waals surface area contributed by atoms with Gasteiger partial charge in [-0.05, 0) is 43.9 Å². The van der Waals surface area contributed by atoms with Crippen LogP contribution in [0.4, 0.5) is 11.4 Å². The average molecular weight is 289 g/mol. The van der Waals surface area contributed by atoms with E-state index in [2.05, 4.69) is 10.2 Å². The van der Waals surface area contributed by atoms with Gasteiger partial charge < -0.3 is 21.1 Å². The van der Waals surface area contributed by atoms with Crippen LogP contribution in [0.3, 0.4) is 0 Å². The first kappa shape index (κ1) is 14.2. The molecule has 21 heavy (non-hydrogen) atoms. The standard InChI is InChI=1S/C16H23N3O2/c1-2-18-16(21)10-3-5-14(13(17)7-10)19-8-11-4-6-15(20)12(11)9-19/h3,5,7,11-12,15,20H,2,4,6,8-9,17H2,1H3,(H,18,21). The van der Waals surface area contributed by atoms with E-state index in [1.807, 2.05) is 19.1 Å². The van der Waals surface area contributed by atoms with Crippen LogP contribution in [-0.2, 0) is 0 Å². The molecule has 3 unspecified atom stereocenters. The van der Waals surface area contributed by atoms with Crippen LogP contribution in [0.1, 0.15) is 30.1 Å². The van der Waals surface area contributed by atoms with Crippen molar-refractivity contribution >= 4 is 17.3 Å². The second kappa shape index (κ2) is 5.56. The van der Waals surface area contributed by atoms with Gasteiger partial charge in [-0.3, -0.25) is 4.79 Å². The molecular formula is C16H23N3O2. The Bertz CT molecular complexity index is 546. The lowest BCUT2D eigenvalue weighted by atomic mass is 10.00. The first-order valence-corrected chi connectivity index (χ1v) is 7.71. The van der Waals surface area contributed by atoms with Crippen molar-refractivity contribution in [3.8, 4) is 0 Å². The van der Waals surface area contributed by atoms with Gasteiger partial charge in [-0.1, -0.05) is 0 Å². The molecule has 4 N–H and O–H groups in total. The summed E-state index contributed by atoms with van der Waals surface area (Å²) in [6, 6.07) is 5.49. The Balaban J connectivity index is 1.76. The van der Waals surface area contributed by atoms with E-state index in [0.29, 0.717) is 29.6 Å². The Hall–Kier alpha value is -1.75. The fourth-order valence-corrected chi connectivity index (χ4v) is 3.68. The molecular weight excluding hydrogens is 266 g/mol. The topological polar surface area (TPSA) is 78.6 Å². The summed E-state index contributed by atoms with van der Waals surface area (Å²) in [5.74, 6) is 0.847. The average Bonchev–Trinajstić information content (AvgIpc) is 3.01. The van der Waals surface area contributed by atoms with E-state index >= 15 is 0 Å². The molecule has 0 spiro atoms. The lowest BCUT2D eigenvalue weighted by Crippen LogP contribution is -2.26. The highest BCUT2D eigenvalue weighted by molar-refractivity contribution is 5.96. The third kappa shape index (κ3) is 2.58. The fourth-order valence-electron chi connectivity index (χ4n) is 3.68. The minimum Gasteiger partial charge on any atom is -0.397 e. The van der Waals surface area contributed by atoms with Gasteiger partial charge in [-0.15, -0.1) is 0 Å². The number of aliphatic hydroxyl groups is 1. The second-order valence-electron chi connectivity index (χ2n) is 6.11. The Labute approximate surface area is 125 Å². The number of nitrogens with zero attached hydrogens (tertiary/aromatic N) is 1. The number of benzene rings is 1. The summed E-state index contributed by atoms with van der Waals surface area (Å²) in [7, 11) is 0. The number of nitrogen functional groups attached to an aromatic ring is 1. The second-order valence-corrected chi connectivity index (χ2v) is 6.11. The van der Waals surface area contributed by atoms with Gasteiger partial charge in [0.05, 0.1) is 17.5 Å².